The summed E-state index contributed by atoms with van der Waals surface area (Å²) in [6, 6.07) is 0. The number of carbonyl (C=O) groups is 1. The largest absolute Gasteiger partial charge is 0.355 e. The molecule has 1 heterocycles. The van der Waals surface area contributed by atoms with E-state index in [1.807, 2.05) is 6.92 Å². The molecule has 2 N–H and O–H groups in total. The van der Waals surface area contributed by atoms with Crippen LogP contribution in [0.25, 0.3) is 0 Å². The Balaban J connectivity index is 2.19. The SMILES string of the molecule is CCNC(=O)CN(CC)CCN1CCNCC1. The molecule has 100 valence electrons. The maximum atomic E-state index is 11.5. The van der Waals surface area contributed by atoms with Crippen LogP contribution in [0.3, 0.4) is 0 Å². The van der Waals surface area contributed by atoms with Crippen molar-refractivity contribution in [1.82, 2.24) is 20.4 Å². The average Bonchev–Trinajstić information content (AvgIpc) is 2.36. The molecule has 0 aromatic carbocycles. The lowest BCUT2D eigenvalue weighted by Crippen LogP contribution is -2.47. The van der Waals surface area contributed by atoms with Gasteiger partial charge in [0.15, 0.2) is 0 Å². The number of piperazine rings is 1. The van der Waals surface area contributed by atoms with Gasteiger partial charge in [0, 0.05) is 45.8 Å². The molecule has 5 heteroatoms. The fourth-order valence-corrected chi connectivity index (χ4v) is 2.02. The molecule has 0 spiro atoms. The Morgan fingerprint density at radius 3 is 2.65 bits per heavy atom. The topological polar surface area (TPSA) is 47.6 Å². The molecule has 1 amide bonds. The summed E-state index contributed by atoms with van der Waals surface area (Å²) in [7, 11) is 0. The summed E-state index contributed by atoms with van der Waals surface area (Å²) in [6.07, 6.45) is 0. The van der Waals surface area contributed by atoms with Gasteiger partial charge in [0.1, 0.15) is 0 Å². The summed E-state index contributed by atoms with van der Waals surface area (Å²) in [5, 5.41) is 6.19. The quantitative estimate of drug-likeness (QED) is 0.623. The minimum absolute atomic E-state index is 0.134. The lowest BCUT2D eigenvalue weighted by atomic mass is 10.3. The van der Waals surface area contributed by atoms with E-state index in [1.165, 1.54) is 0 Å². The van der Waals surface area contributed by atoms with Gasteiger partial charge in [-0.15, -0.1) is 0 Å². The zero-order valence-electron chi connectivity index (χ0n) is 11.2. The van der Waals surface area contributed by atoms with Gasteiger partial charge in [0.2, 0.25) is 5.91 Å². The molecule has 5 nitrogen and oxygen atoms in total. The van der Waals surface area contributed by atoms with Crippen LogP contribution in [-0.2, 0) is 4.79 Å². The Morgan fingerprint density at radius 2 is 2.06 bits per heavy atom. The second-order valence-corrected chi connectivity index (χ2v) is 4.41. The molecule has 1 fully saturated rings. The Labute approximate surface area is 105 Å². The van der Waals surface area contributed by atoms with Crippen LogP contribution in [0.15, 0.2) is 0 Å². The first-order valence-corrected chi connectivity index (χ1v) is 6.68. The number of likely N-dealkylation sites (N-methyl/N-ethyl adjacent to an activating group) is 2. The Bertz CT molecular complexity index is 217. The zero-order chi connectivity index (χ0) is 12.5. The highest BCUT2D eigenvalue weighted by molar-refractivity contribution is 5.77. The number of carbonyl (C=O) groups excluding carboxylic acids is 1. The van der Waals surface area contributed by atoms with Crippen molar-refractivity contribution in [2.45, 2.75) is 13.8 Å². The first-order valence-electron chi connectivity index (χ1n) is 6.68. The molecule has 1 aliphatic heterocycles. The van der Waals surface area contributed by atoms with E-state index in [9.17, 15) is 4.79 Å². The highest BCUT2D eigenvalue weighted by Crippen LogP contribution is 1.94. The van der Waals surface area contributed by atoms with Gasteiger partial charge >= 0.3 is 0 Å². The Morgan fingerprint density at radius 1 is 1.35 bits per heavy atom. The lowest BCUT2D eigenvalue weighted by molar-refractivity contribution is -0.122. The summed E-state index contributed by atoms with van der Waals surface area (Å²) in [5.41, 5.74) is 0. The number of amides is 1. The van der Waals surface area contributed by atoms with Gasteiger partial charge in [0.25, 0.3) is 0 Å². The minimum atomic E-state index is 0.134. The number of rotatable bonds is 7. The van der Waals surface area contributed by atoms with Crippen LogP contribution in [0.1, 0.15) is 13.8 Å². The summed E-state index contributed by atoms with van der Waals surface area (Å²) in [5.74, 6) is 0.134. The van der Waals surface area contributed by atoms with E-state index in [4.69, 9.17) is 0 Å². The molecule has 1 saturated heterocycles. The number of hydrogen-bond acceptors (Lipinski definition) is 4. The van der Waals surface area contributed by atoms with Crippen molar-refractivity contribution < 1.29 is 4.79 Å². The molecule has 1 rings (SSSR count). The summed E-state index contributed by atoms with van der Waals surface area (Å²) < 4.78 is 0. The van der Waals surface area contributed by atoms with E-state index < -0.39 is 0 Å². The highest BCUT2D eigenvalue weighted by atomic mass is 16.2. The molecule has 0 aliphatic carbocycles. The molecule has 0 atom stereocenters. The number of hydrogen-bond donors (Lipinski definition) is 2. The molecule has 0 aromatic rings. The van der Waals surface area contributed by atoms with Gasteiger partial charge in [-0.25, -0.2) is 0 Å². The molecule has 0 bridgehead atoms. The van der Waals surface area contributed by atoms with Crippen molar-refractivity contribution in [1.29, 1.82) is 0 Å². The smallest absolute Gasteiger partial charge is 0.234 e. The maximum Gasteiger partial charge on any atom is 0.234 e. The molecule has 0 saturated carbocycles. The number of nitrogens with zero attached hydrogens (tertiary/aromatic N) is 2. The van der Waals surface area contributed by atoms with Gasteiger partial charge in [-0.2, -0.15) is 0 Å². The summed E-state index contributed by atoms with van der Waals surface area (Å²) in [4.78, 5) is 16.1. The second kappa shape index (κ2) is 8.44. The lowest BCUT2D eigenvalue weighted by Gasteiger charge is -2.29. The van der Waals surface area contributed by atoms with Crippen LogP contribution >= 0.6 is 0 Å². The third-order valence-corrected chi connectivity index (χ3v) is 3.13. The van der Waals surface area contributed by atoms with Crippen molar-refractivity contribution in [3.8, 4) is 0 Å². The first-order chi connectivity index (χ1) is 8.26. The monoisotopic (exact) mass is 242 g/mol. The molecule has 17 heavy (non-hydrogen) atoms. The molecule has 0 aromatic heterocycles. The van der Waals surface area contributed by atoms with Crippen molar-refractivity contribution in [2.75, 3.05) is 58.9 Å². The second-order valence-electron chi connectivity index (χ2n) is 4.41. The summed E-state index contributed by atoms with van der Waals surface area (Å²) >= 11 is 0. The molecular weight excluding hydrogens is 216 g/mol. The fourth-order valence-electron chi connectivity index (χ4n) is 2.02. The Hall–Kier alpha value is -0.650. The molecule has 0 radical (unpaired) electrons. The molecular formula is C12H26N4O. The van der Waals surface area contributed by atoms with E-state index in [0.717, 1.165) is 45.8 Å². The van der Waals surface area contributed by atoms with Crippen LogP contribution < -0.4 is 10.6 Å². The van der Waals surface area contributed by atoms with Gasteiger partial charge in [-0.1, -0.05) is 6.92 Å². The van der Waals surface area contributed by atoms with Crippen LogP contribution in [0.5, 0.6) is 0 Å². The predicted molar refractivity (Wildman–Crippen MR) is 70.1 cm³/mol. The third kappa shape index (κ3) is 6.00. The third-order valence-electron chi connectivity index (χ3n) is 3.13. The Kier molecular flexibility index (Phi) is 7.16. The van der Waals surface area contributed by atoms with Gasteiger partial charge in [-0.05, 0) is 13.5 Å². The highest BCUT2D eigenvalue weighted by Gasteiger charge is 2.12. The van der Waals surface area contributed by atoms with Crippen molar-refractivity contribution in [3.05, 3.63) is 0 Å². The first kappa shape index (κ1) is 14.4. The average molecular weight is 242 g/mol. The summed E-state index contributed by atoms with van der Waals surface area (Å²) in [6.45, 7) is 12.7. The minimum Gasteiger partial charge on any atom is -0.355 e. The van der Waals surface area contributed by atoms with Crippen LogP contribution in [0.4, 0.5) is 0 Å². The van der Waals surface area contributed by atoms with Crippen molar-refractivity contribution in [3.63, 3.8) is 0 Å². The standard InChI is InChI=1S/C12H26N4O/c1-3-14-12(17)11-15(4-2)9-10-16-7-5-13-6-8-16/h13H,3-11H2,1-2H3,(H,14,17). The van der Waals surface area contributed by atoms with Gasteiger partial charge in [0.05, 0.1) is 6.54 Å². The van der Waals surface area contributed by atoms with E-state index >= 15 is 0 Å². The van der Waals surface area contributed by atoms with Crippen LogP contribution in [0, 0.1) is 0 Å². The molecule has 1 aliphatic rings. The van der Waals surface area contributed by atoms with Gasteiger partial charge in [-0.3, -0.25) is 14.6 Å². The van der Waals surface area contributed by atoms with Gasteiger partial charge < -0.3 is 10.6 Å². The zero-order valence-corrected chi connectivity index (χ0v) is 11.2. The van der Waals surface area contributed by atoms with Crippen molar-refractivity contribution in [2.24, 2.45) is 0 Å². The van der Waals surface area contributed by atoms with Crippen LogP contribution in [0.2, 0.25) is 0 Å². The van der Waals surface area contributed by atoms with E-state index in [1.54, 1.807) is 0 Å². The van der Waals surface area contributed by atoms with E-state index in [0.29, 0.717) is 13.1 Å². The fraction of sp³-hybridized carbons (Fsp3) is 0.917. The normalized spacial score (nSPS) is 17.4. The van der Waals surface area contributed by atoms with E-state index in [2.05, 4.69) is 27.4 Å². The maximum absolute atomic E-state index is 11.5. The van der Waals surface area contributed by atoms with E-state index in [-0.39, 0.29) is 5.91 Å². The molecule has 0 unspecified atom stereocenters. The van der Waals surface area contributed by atoms with Crippen molar-refractivity contribution >= 4 is 5.91 Å². The predicted octanol–water partition coefficient (Wildman–Crippen LogP) is -0.650. The number of nitrogens with one attached hydrogen (secondary N) is 2. The van der Waals surface area contributed by atoms with Crippen LogP contribution in [-0.4, -0.2) is 74.6 Å².